The van der Waals surface area contributed by atoms with E-state index in [-0.39, 0.29) is 0 Å². The van der Waals surface area contributed by atoms with E-state index in [4.69, 9.17) is 12.3 Å². The number of rotatable bonds is 14. The fourth-order valence-electron chi connectivity index (χ4n) is 8.10. The molecule has 314 valence electrons. The third-order valence-corrected chi connectivity index (χ3v) is 25.9. The highest BCUT2D eigenvalue weighted by atomic mass is 28.5. The molecule has 0 aromatic heterocycles. The maximum atomic E-state index is 8.18. The molecule has 0 aliphatic heterocycles. The summed E-state index contributed by atoms with van der Waals surface area (Å²) in [4.78, 5) is 0. The van der Waals surface area contributed by atoms with Gasteiger partial charge in [0.05, 0.1) is 0 Å². The quantitative estimate of drug-likeness (QED) is 0.0832. The molecule has 8 rings (SSSR count). The Morgan fingerprint density at radius 2 is 0.397 bits per heavy atom. The van der Waals surface area contributed by atoms with Crippen LogP contribution in [-0.2, 0) is 12.3 Å². The normalized spacial score (nSPS) is 12.0. The SMILES string of the molecule is Cc1ccc([Si](O[Si](O[Si](c2ccc(C)cc2)(c2ccc(C)cc2)c2ccc(C)cc2)c2ccc(C)cc2)O[Si](c2ccc(C)cc2)(c2ccc(C)cc2)c2ccc(C)cc2)cc1. The Labute approximate surface area is 381 Å². The van der Waals surface area contributed by atoms with E-state index in [1.54, 1.807) is 0 Å². The summed E-state index contributed by atoms with van der Waals surface area (Å²) < 4.78 is 24.3. The van der Waals surface area contributed by atoms with E-state index in [0.29, 0.717) is 0 Å². The second kappa shape index (κ2) is 19.1. The Kier molecular flexibility index (Phi) is 13.4. The van der Waals surface area contributed by atoms with Crippen molar-refractivity contribution >= 4 is 76.7 Å². The van der Waals surface area contributed by atoms with Crippen LogP contribution in [0.4, 0.5) is 0 Å². The van der Waals surface area contributed by atoms with Crippen molar-refractivity contribution in [2.24, 2.45) is 0 Å². The molecular formula is C56H56O3Si4. The molecule has 0 saturated carbocycles. The van der Waals surface area contributed by atoms with E-state index >= 15 is 0 Å². The van der Waals surface area contributed by atoms with Gasteiger partial charge in [0.1, 0.15) is 0 Å². The standard InChI is InChI=1S/C56H56O3Si4/c1-41-9-25-49(26-10-41)60(58-62(51-29-13-43(3)14-30-51,52-31-15-44(4)16-32-52)53-33-17-45(5)18-34-53)57-61(50-27-11-42(2)12-28-50)59-63(54-35-19-46(6)20-36-54,55-37-21-47(7)22-38-55)56-39-23-48(8)24-40-56/h9-40H,1-8H3. The molecule has 2 radical (unpaired) electrons. The first-order valence-corrected chi connectivity index (χ1v) is 28.2. The Balaban J connectivity index is 1.39. The van der Waals surface area contributed by atoms with Crippen LogP contribution in [0, 0.1) is 55.4 Å². The van der Waals surface area contributed by atoms with E-state index in [9.17, 15) is 0 Å². The van der Waals surface area contributed by atoms with E-state index in [2.05, 4.69) is 250 Å². The molecule has 0 spiro atoms. The molecule has 63 heavy (non-hydrogen) atoms. The highest BCUT2D eigenvalue weighted by Gasteiger charge is 2.50. The van der Waals surface area contributed by atoms with Gasteiger partial charge in [0.15, 0.2) is 0 Å². The Bertz CT molecular complexity index is 2320. The van der Waals surface area contributed by atoms with Crippen LogP contribution in [0.1, 0.15) is 44.5 Å². The van der Waals surface area contributed by atoms with Gasteiger partial charge >= 0.3 is 18.6 Å². The fraction of sp³-hybridized carbons (Fsp3) is 0.143. The summed E-state index contributed by atoms with van der Waals surface area (Å²) in [5.41, 5.74) is 9.61. The van der Waals surface area contributed by atoms with Crippen molar-refractivity contribution in [2.75, 3.05) is 0 Å². The predicted octanol–water partition coefficient (Wildman–Crippen LogP) is 7.63. The predicted molar refractivity (Wildman–Crippen MR) is 273 cm³/mol. The lowest BCUT2D eigenvalue weighted by molar-refractivity contribution is 0.395. The van der Waals surface area contributed by atoms with Gasteiger partial charge in [-0.1, -0.05) is 239 Å². The summed E-state index contributed by atoms with van der Waals surface area (Å²) >= 11 is 0. The Hall–Kier alpha value is -5.49. The molecular weight excluding hydrogens is 833 g/mol. The van der Waals surface area contributed by atoms with Crippen molar-refractivity contribution in [3.8, 4) is 0 Å². The summed E-state index contributed by atoms with van der Waals surface area (Å²) in [6, 6.07) is 71.6. The van der Waals surface area contributed by atoms with Gasteiger partial charge in [-0.3, -0.25) is 0 Å². The van der Waals surface area contributed by atoms with Crippen LogP contribution < -0.4 is 41.5 Å². The largest absolute Gasteiger partial charge is 0.421 e. The molecule has 0 unspecified atom stereocenters. The molecule has 0 aliphatic carbocycles. The molecule has 0 fully saturated rings. The van der Waals surface area contributed by atoms with Gasteiger partial charge in [0.25, 0.3) is 16.6 Å². The van der Waals surface area contributed by atoms with Gasteiger partial charge in [0.2, 0.25) is 0 Å². The van der Waals surface area contributed by atoms with Gasteiger partial charge in [-0.05, 0) is 96.9 Å². The molecule has 8 aromatic rings. The summed E-state index contributed by atoms with van der Waals surface area (Å²) in [5, 5.41) is 9.12. The Morgan fingerprint density at radius 1 is 0.238 bits per heavy atom. The summed E-state index contributed by atoms with van der Waals surface area (Å²) in [6.07, 6.45) is 0. The average molecular weight is 889 g/mol. The molecule has 0 saturated heterocycles. The zero-order chi connectivity index (χ0) is 44.1. The second-order valence-electron chi connectivity index (χ2n) is 17.2. The average Bonchev–Trinajstić information content (AvgIpc) is 3.29. The number of benzene rings is 8. The summed E-state index contributed by atoms with van der Waals surface area (Å²) in [5.74, 6) is 0. The van der Waals surface area contributed by atoms with Crippen LogP contribution in [0.25, 0.3) is 0 Å². The van der Waals surface area contributed by atoms with Gasteiger partial charge in [-0.2, -0.15) is 0 Å². The number of hydrogen-bond donors (Lipinski definition) is 0. The van der Waals surface area contributed by atoms with E-state index in [1.165, 1.54) is 75.6 Å². The smallest absolute Gasteiger partial charge is 0.404 e. The van der Waals surface area contributed by atoms with Crippen molar-refractivity contribution in [2.45, 2.75) is 55.4 Å². The minimum Gasteiger partial charge on any atom is -0.421 e. The third kappa shape index (κ3) is 9.56. The van der Waals surface area contributed by atoms with Gasteiger partial charge in [-0.25, -0.2) is 0 Å². The molecule has 0 bridgehead atoms. The molecule has 0 aliphatic rings. The maximum absolute atomic E-state index is 8.18. The van der Waals surface area contributed by atoms with Crippen molar-refractivity contribution in [1.29, 1.82) is 0 Å². The van der Waals surface area contributed by atoms with Crippen LogP contribution in [0.2, 0.25) is 0 Å². The van der Waals surface area contributed by atoms with E-state index in [0.717, 1.165) is 10.4 Å². The lowest BCUT2D eigenvalue weighted by Crippen LogP contribution is -2.74. The molecule has 0 N–H and O–H groups in total. The number of hydrogen-bond acceptors (Lipinski definition) is 3. The van der Waals surface area contributed by atoms with Crippen LogP contribution in [-0.4, -0.2) is 35.2 Å². The Morgan fingerprint density at radius 3 is 0.571 bits per heavy atom. The number of aryl methyl sites for hydroxylation is 8. The zero-order valence-electron chi connectivity index (χ0n) is 37.7. The first-order chi connectivity index (χ1) is 30.4. The van der Waals surface area contributed by atoms with Gasteiger partial charge in [0, 0.05) is 0 Å². The van der Waals surface area contributed by atoms with Crippen LogP contribution in [0.3, 0.4) is 0 Å². The summed E-state index contributed by atoms with van der Waals surface area (Å²) in [7, 11) is -11.3. The highest BCUT2D eigenvalue weighted by Crippen LogP contribution is 2.19. The van der Waals surface area contributed by atoms with Crippen LogP contribution >= 0.6 is 0 Å². The maximum Gasteiger partial charge on any atom is 0.404 e. The molecule has 0 heterocycles. The molecule has 7 heteroatoms. The first kappa shape index (κ1) is 44.1. The van der Waals surface area contributed by atoms with Crippen LogP contribution in [0.5, 0.6) is 0 Å². The lowest BCUT2D eigenvalue weighted by Gasteiger charge is -2.39. The second-order valence-corrected chi connectivity index (χ2v) is 28.1. The van der Waals surface area contributed by atoms with Crippen molar-refractivity contribution in [3.63, 3.8) is 0 Å². The molecule has 3 nitrogen and oxygen atoms in total. The summed E-state index contributed by atoms with van der Waals surface area (Å²) in [6.45, 7) is 17.2. The molecule has 0 amide bonds. The molecule has 0 atom stereocenters. The third-order valence-electron chi connectivity index (χ3n) is 12.0. The molecule has 8 aromatic carbocycles. The minimum absolute atomic E-state index is 1.04. The van der Waals surface area contributed by atoms with Crippen molar-refractivity contribution < 1.29 is 12.3 Å². The first-order valence-electron chi connectivity index (χ1n) is 21.8. The zero-order valence-corrected chi connectivity index (χ0v) is 41.7. The lowest BCUT2D eigenvalue weighted by atomic mass is 10.2. The minimum atomic E-state index is -3.31. The van der Waals surface area contributed by atoms with Gasteiger partial charge < -0.3 is 12.3 Å². The van der Waals surface area contributed by atoms with Crippen molar-refractivity contribution in [1.82, 2.24) is 0 Å². The van der Waals surface area contributed by atoms with E-state index < -0.39 is 35.2 Å². The van der Waals surface area contributed by atoms with E-state index in [1.807, 2.05) is 0 Å². The van der Waals surface area contributed by atoms with Gasteiger partial charge in [-0.15, -0.1) is 0 Å². The topological polar surface area (TPSA) is 27.7 Å². The van der Waals surface area contributed by atoms with Crippen LogP contribution in [0.15, 0.2) is 194 Å². The van der Waals surface area contributed by atoms with Crippen molar-refractivity contribution in [3.05, 3.63) is 239 Å². The monoisotopic (exact) mass is 888 g/mol. The highest BCUT2D eigenvalue weighted by molar-refractivity contribution is 7.11. The fourth-order valence-corrected chi connectivity index (χ4v) is 23.5.